The van der Waals surface area contributed by atoms with Crippen LogP contribution in [-0.2, 0) is 9.59 Å². The third kappa shape index (κ3) is 5.18. The Bertz CT molecular complexity index is 876. The molecule has 6 heteroatoms. The molecule has 0 aliphatic carbocycles. The second-order valence-electron chi connectivity index (χ2n) is 7.08. The van der Waals surface area contributed by atoms with E-state index < -0.39 is 5.97 Å². The van der Waals surface area contributed by atoms with Gasteiger partial charge in [0.15, 0.2) is 0 Å². The molecule has 0 saturated heterocycles. The molecule has 0 bridgehead atoms. The molecule has 1 amide bonds. The third-order valence-electron chi connectivity index (χ3n) is 4.37. The highest BCUT2D eigenvalue weighted by Crippen LogP contribution is 2.39. The molecule has 1 aromatic carbocycles. The van der Waals surface area contributed by atoms with Crippen LogP contribution in [0.1, 0.15) is 55.5 Å². The van der Waals surface area contributed by atoms with Gasteiger partial charge in [-0.2, -0.15) is 5.26 Å². The van der Waals surface area contributed by atoms with E-state index in [9.17, 15) is 14.9 Å². The lowest BCUT2D eigenvalue weighted by Gasteiger charge is -2.09. The van der Waals surface area contributed by atoms with E-state index in [1.165, 1.54) is 16.9 Å². The van der Waals surface area contributed by atoms with Gasteiger partial charge in [0.1, 0.15) is 11.1 Å². The largest absolute Gasteiger partial charge is 0.481 e. The molecular weight excluding hydrogens is 360 g/mol. The van der Waals surface area contributed by atoms with E-state index in [0.717, 1.165) is 16.0 Å². The maximum absolute atomic E-state index is 12.2. The summed E-state index contributed by atoms with van der Waals surface area (Å²) in [7, 11) is 0. The molecule has 0 unspecified atom stereocenters. The third-order valence-corrected chi connectivity index (χ3v) is 5.39. The van der Waals surface area contributed by atoms with Crippen LogP contribution in [0, 0.1) is 24.2 Å². The van der Waals surface area contributed by atoms with Gasteiger partial charge in [0.25, 0.3) is 0 Å². The normalized spacial score (nSPS) is 11.9. The quantitative estimate of drug-likeness (QED) is 0.690. The lowest BCUT2D eigenvalue weighted by molar-refractivity contribution is -0.138. The summed E-state index contributed by atoms with van der Waals surface area (Å²) < 4.78 is 0. The van der Waals surface area contributed by atoms with E-state index in [2.05, 4.69) is 37.4 Å². The number of carboxylic acids is 1. The molecule has 0 aliphatic rings. The van der Waals surface area contributed by atoms with E-state index >= 15 is 0 Å². The van der Waals surface area contributed by atoms with Crippen LogP contribution in [-0.4, -0.2) is 17.0 Å². The lowest BCUT2D eigenvalue weighted by atomic mass is 9.97. The van der Waals surface area contributed by atoms with Crippen molar-refractivity contribution in [1.29, 1.82) is 5.26 Å². The summed E-state index contributed by atoms with van der Waals surface area (Å²) in [5.41, 5.74) is 3.47. The number of nitriles is 1. The van der Waals surface area contributed by atoms with Crippen LogP contribution in [0.3, 0.4) is 0 Å². The SMILES string of the molecule is Cc1sc(NC(=O)C[C@H](C)CC(=O)O)c(C#N)c1-c1ccc(C(C)C)cc1. The standard InChI is InChI=1S/C21H24N2O3S/c1-12(2)15-5-7-16(8-6-15)20-14(4)27-21(17(20)11-22)23-18(24)9-13(3)10-19(25)26/h5-8,12-13H,9-10H2,1-4H3,(H,23,24)(H,25,26)/t13-/m0/s1. The summed E-state index contributed by atoms with van der Waals surface area (Å²) in [6.07, 6.45) is 0.0436. The summed E-state index contributed by atoms with van der Waals surface area (Å²) in [5.74, 6) is -1.03. The van der Waals surface area contributed by atoms with Crippen LogP contribution >= 0.6 is 11.3 Å². The molecule has 1 aromatic heterocycles. The number of amides is 1. The summed E-state index contributed by atoms with van der Waals surface area (Å²) in [5, 5.41) is 21.8. The van der Waals surface area contributed by atoms with Crippen LogP contribution in [0.4, 0.5) is 5.00 Å². The first-order valence-corrected chi connectivity index (χ1v) is 9.70. The van der Waals surface area contributed by atoms with Crippen molar-refractivity contribution in [3.63, 3.8) is 0 Å². The number of aliphatic carboxylic acids is 1. The van der Waals surface area contributed by atoms with E-state index in [4.69, 9.17) is 5.11 Å². The van der Waals surface area contributed by atoms with Gasteiger partial charge in [-0.3, -0.25) is 9.59 Å². The Morgan fingerprint density at radius 2 is 1.81 bits per heavy atom. The van der Waals surface area contributed by atoms with Crippen molar-refractivity contribution in [3.05, 3.63) is 40.3 Å². The van der Waals surface area contributed by atoms with Crippen molar-refractivity contribution in [2.75, 3.05) is 5.32 Å². The zero-order valence-electron chi connectivity index (χ0n) is 16.0. The maximum atomic E-state index is 12.2. The molecular formula is C21H24N2O3S. The van der Waals surface area contributed by atoms with Crippen molar-refractivity contribution >= 4 is 28.2 Å². The minimum atomic E-state index is -0.924. The number of anilines is 1. The first kappa shape index (κ1) is 20.7. The number of hydrogen-bond donors (Lipinski definition) is 2. The second-order valence-corrected chi connectivity index (χ2v) is 8.31. The van der Waals surface area contributed by atoms with E-state index in [0.29, 0.717) is 16.5 Å². The molecule has 0 aliphatic heterocycles. The Morgan fingerprint density at radius 1 is 1.19 bits per heavy atom. The monoisotopic (exact) mass is 384 g/mol. The molecule has 2 rings (SSSR count). The van der Waals surface area contributed by atoms with Crippen molar-refractivity contribution in [2.45, 2.75) is 46.5 Å². The van der Waals surface area contributed by atoms with Crippen LogP contribution in [0.2, 0.25) is 0 Å². The highest BCUT2D eigenvalue weighted by Gasteiger charge is 2.20. The number of thiophene rings is 1. The second kappa shape index (κ2) is 8.83. The number of aryl methyl sites for hydroxylation is 1. The number of carboxylic acid groups (broad SMARTS) is 1. The Kier molecular flexibility index (Phi) is 6.75. The van der Waals surface area contributed by atoms with Gasteiger partial charge in [-0.05, 0) is 29.9 Å². The predicted octanol–water partition coefficient (Wildman–Crippen LogP) is 5.16. The first-order valence-electron chi connectivity index (χ1n) is 8.88. The van der Waals surface area contributed by atoms with Crippen LogP contribution in [0.5, 0.6) is 0 Å². The molecule has 0 radical (unpaired) electrons. The number of carbonyl (C=O) groups excluding carboxylic acids is 1. The van der Waals surface area contributed by atoms with Crippen LogP contribution in [0.15, 0.2) is 24.3 Å². The number of benzene rings is 1. The topological polar surface area (TPSA) is 90.2 Å². The highest BCUT2D eigenvalue weighted by molar-refractivity contribution is 7.17. The molecule has 2 N–H and O–H groups in total. The number of nitrogens with zero attached hydrogens (tertiary/aromatic N) is 1. The zero-order valence-corrected chi connectivity index (χ0v) is 16.8. The fourth-order valence-corrected chi connectivity index (χ4v) is 4.03. The summed E-state index contributed by atoms with van der Waals surface area (Å²) in [6, 6.07) is 10.3. The highest BCUT2D eigenvalue weighted by atomic mass is 32.1. The molecule has 0 fully saturated rings. The van der Waals surface area contributed by atoms with E-state index in [1.54, 1.807) is 6.92 Å². The predicted molar refractivity (Wildman–Crippen MR) is 108 cm³/mol. The number of rotatable bonds is 7. The van der Waals surface area contributed by atoms with Gasteiger partial charge >= 0.3 is 5.97 Å². The number of hydrogen-bond acceptors (Lipinski definition) is 4. The summed E-state index contributed by atoms with van der Waals surface area (Å²) in [6.45, 7) is 7.91. The summed E-state index contributed by atoms with van der Waals surface area (Å²) in [4.78, 5) is 23.9. The maximum Gasteiger partial charge on any atom is 0.303 e. The minimum Gasteiger partial charge on any atom is -0.481 e. The van der Waals surface area contributed by atoms with Crippen molar-refractivity contribution in [2.24, 2.45) is 5.92 Å². The fraction of sp³-hybridized carbons (Fsp3) is 0.381. The Morgan fingerprint density at radius 3 is 2.33 bits per heavy atom. The van der Waals surface area contributed by atoms with E-state index in [1.807, 2.05) is 19.1 Å². The Labute approximate surface area is 163 Å². The molecule has 142 valence electrons. The van der Waals surface area contributed by atoms with Gasteiger partial charge in [-0.25, -0.2) is 0 Å². The first-order chi connectivity index (χ1) is 12.7. The van der Waals surface area contributed by atoms with Gasteiger partial charge in [-0.1, -0.05) is 45.0 Å². The van der Waals surface area contributed by atoms with Gasteiger partial charge in [0, 0.05) is 23.3 Å². The molecule has 27 heavy (non-hydrogen) atoms. The minimum absolute atomic E-state index is 0.0601. The number of nitrogens with one attached hydrogen (secondary N) is 1. The van der Waals surface area contributed by atoms with Crippen molar-refractivity contribution < 1.29 is 14.7 Å². The molecule has 0 spiro atoms. The van der Waals surface area contributed by atoms with Crippen molar-refractivity contribution in [3.8, 4) is 17.2 Å². The molecule has 1 heterocycles. The molecule has 5 nitrogen and oxygen atoms in total. The van der Waals surface area contributed by atoms with Crippen molar-refractivity contribution in [1.82, 2.24) is 0 Å². The summed E-state index contributed by atoms with van der Waals surface area (Å²) >= 11 is 1.37. The Balaban J connectivity index is 2.25. The molecule has 2 aromatic rings. The van der Waals surface area contributed by atoms with Gasteiger partial charge in [0.2, 0.25) is 5.91 Å². The van der Waals surface area contributed by atoms with Crippen LogP contribution < -0.4 is 5.32 Å². The molecule has 1 atom stereocenters. The fourth-order valence-electron chi connectivity index (χ4n) is 2.99. The van der Waals surface area contributed by atoms with Gasteiger partial charge in [-0.15, -0.1) is 11.3 Å². The van der Waals surface area contributed by atoms with Gasteiger partial charge in [0.05, 0.1) is 5.56 Å². The smallest absolute Gasteiger partial charge is 0.303 e. The van der Waals surface area contributed by atoms with Gasteiger partial charge < -0.3 is 10.4 Å². The van der Waals surface area contributed by atoms with E-state index in [-0.39, 0.29) is 24.7 Å². The molecule has 0 saturated carbocycles. The Hall–Kier alpha value is -2.65. The number of carbonyl (C=O) groups is 2. The average Bonchev–Trinajstić information content (AvgIpc) is 2.88. The van der Waals surface area contributed by atoms with Crippen LogP contribution in [0.25, 0.3) is 11.1 Å². The average molecular weight is 385 g/mol. The zero-order chi connectivity index (χ0) is 20.1. The lowest BCUT2D eigenvalue weighted by Crippen LogP contribution is -2.16.